The van der Waals surface area contributed by atoms with Gasteiger partial charge in [0.1, 0.15) is 11.6 Å². The lowest BCUT2D eigenvalue weighted by atomic mass is 10.2. The van der Waals surface area contributed by atoms with Gasteiger partial charge in [0.05, 0.1) is 13.3 Å². The molecule has 0 atom stereocenters. The van der Waals surface area contributed by atoms with Crippen LogP contribution in [0.4, 0.5) is 4.39 Å². The van der Waals surface area contributed by atoms with E-state index in [-0.39, 0.29) is 19.1 Å². The minimum atomic E-state index is -0.479. The van der Waals surface area contributed by atoms with Gasteiger partial charge in [-0.25, -0.2) is 9.82 Å². The van der Waals surface area contributed by atoms with Gasteiger partial charge in [0, 0.05) is 11.6 Å². The van der Waals surface area contributed by atoms with Gasteiger partial charge in [-0.1, -0.05) is 6.07 Å². The lowest BCUT2D eigenvalue weighted by molar-refractivity contribution is -0.123. The quantitative estimate of drug-likeness (QED) is 0.640. The SMILES string of the molecule is COc1cc(/C=N\NC(=O)COc2cccc(F)c2)cc2c1OCO2. The van der Waals surface area contributed by atoms with E-state index in [4.69, 9.17) is 18.9 Å². The van der Waals surface area contributed by atoms with Gasteiger partial charge in [0.2, 0.25) is 12.5 Å². The smallest absolute Gasteiger partial charge is 0.277 e. The lowest BCUT2D eigenvalue weighted by Gasteiger charge is -2.06. The molecule has 8 heteroatoms. The Bertz CT molecular complexity index is 810. The largest absolute Gasteiger partial charge is 0.493 e. The van der Waals surface area contributed by atoms with Crippen molar-refractivity contribution >= 4 is 12.1 Å². The Morgan fingerprint density at radius 1 is 1.36 bits per heavy atom. The third kappa shape index (κ3) is 4.17. The Balaban J connectivity index is 1.55. The Morgan fingerprint density at radius 3 is 3.04 bits per heavy atom. The monoisotopic (exact) mass is 346 g/mol. The van der Waals surface area contributed by atoms with Gasteiger partial charge in [-0.3, -0.25) is 4.79 Å². The van der Waals surface area contributed by atoms with E-state index < -0.39 is 11.7 Å². The maximum atomic E-state index is 13.0. The first-order valence-corrected chi connectivity index (χ1v) is 7.33. The summed E-state index contributed by atoms with van der Waals surface area (Å²) >= 11 is 0. The summed E-state index contributed by atoms with van der Waals surface area (Å²) in [5.74, 6) is 0.937. The maximum absolute atomic E-state index is 13.0. The fourth-order valence-corrected chi connectivity index (χ4v) is 2.14. The molecule has 1 amide bonds. The zero-order valence-corrected chi connectivity index (χ0v) is 13.3. The maximum Gasteiger partial charge on any atom is 0.277 e. The van der Waals surface area contributed by atoms with Crippen molar-refractivity contribution < 1.29 is 28.1 Å². The average Bonchev–Trinajstić information content (AvgIpc) is 3.08. The number of amides is 1. The van der Waals surface area contributed by atoms with Crippen molar-refractivity contribution in [1.82, 2.24) is 5.43 Å². The van der Waals surface area contributed by atoms with Crippen LogP contribution < -0.4 is 24.4 Å². The molecule has 0 saturated carbocycles. The number of carbonyl (C=O) groups excluding carboxylic acids is 1. The van der Waals surface area contributed by atoms with Crippen molar-refractivity contribution in [2.75, 3.05) is 20.5 Å². The molecule has 1 N–H and O–H groups in total. The van der Waals surface area contributed by atoms with E-state index >= 15 is 0 Å². The first-order valence-electron chi connectivity index (χ1n) is 7.33. The molecule has 1 aliphatic heterocycles. The molecule has 0 aliphatic carbocycles. The number of methoxy groups -OCH3 is 1. The summed E-state index contributed by atoms with van der Waals surface area (Å²) in [6, 6.07) is 8.94. The molecule has 0 radical (unpaired) electrons. The number of halogens is 1. The predicted molar refractivity (Wildman–Crippen MR) is 86.7 cm³/mol. The molecule has 2 aromatic rings. The van der Waals surface area contributed by atoms with E-state index in [1.165, 1.54) is 31.5 Å². The van der Waals surface area contributed by atoms with E-state index in [2.05, 4.69) is 10.5 Å². The van der Waals surface area contributed by atoms with E-state index in [9.17, 15) is 9.18 Å². The van der Waals surface area contributed by atoms with Gasteiger partial charge in [-0.05, 0) is 24.3 Å². The molecule has 130 valence electrons. The molecule has 0 fully saturated rings. The Hall–Kier alpha value is -3.29. The van der Waals surface area contributed by atoms with Crippen LogP contribution in [0.1, 0.15) is 5.56 Å². The third-order valence-corrected chi connectivity index (χ3v) is 3.25. The summed E-state index contributed by atoms with van der Waals surface area (Å²) in [4.78, 5) is 11.7. The molecule has 7 nitrogen and oxygen atoms in total. The number of hydrogen-bond acceptors (Lipinski definition) is 6. The molecule has 3 rings (SSSR count). The highest BCUT2D eigenvalue weighted by Crippen LogP contribution is 2.41. The normalized spacial score (nSPS) is 12.2. The van der Waals surface area contributed by atoms with Gasteiger partial charge in [-0.2, -0.15) is 5.10 Å². The lowest BCUT2D eigenvalue weighted by Crippen LogP contribution is -2.24. The number of benzene rings is 2. The molecule has 0 aromatic heterocycles. The van der Waals surface area contributed by atoms with Crippen LogP contribution in [0, 0.1) is 5.82 Å². The summed E-state index contributed by atoms with van der Waals surface area (Å²) in [6.07, 6.45) is 1.44. The number of nitrogens with one attached hydrogen (secondary N) is 1. The van der Waals surface area contributed by atoms with Crippen LogP contribution in [0.15, 0.2) is 41.5 Å². The van der Waals surface area contributed by atoms with Crippen LogP contribution in [0.25, 0.3) is 0 Å². The van der Waals surface area contributed by atoms with E-state index in [0.29, 0.717) is 22.8 Å². The Kier molecular flexibility index (Phi) is 4.98. The first kappa shape index (κ1) is 16.6. The number of carbonyl (C=O) groups is 1. The Morgan fingerprint density at radius 2 is 2.24 bits per heavy atom. The predicted octanol–water partition coefficient (Wildman–Crippen LogP) is 2.09. The van der Waals surface area contributed by atoms with Gasteiger partial charge in [0.25, 0.3) is 5.91 Å². The standard InChI is InChI=1S/C17H15FN2O5/c1-22-14-5-11(6-15-17(14)25-10-24-15)8-19-20-16(21)9-23-13-4-2-3-12(18)7-13/h2-8H,9-10H2,1H3,(H,20,21)/b19-8-. The van der Waals surface area contributed by atoms with Crippen LogP contribution in [0.3, 0.4) is 0 Å². The molecule has 0 bridgehead atoms. The second-order valence-corrected chi connectivity index (χ2v) is 5.00. The van der Waals surface area contributed by atoms with Gasteiger partial charge >= 0.3 is 0 Å². The van der Waals surface area contributed by atoms with Crippen molar-refractivity contribution in [3.05, 3.63) is 47.8 Å². The zero-order valence-electron chi connectivity index (χ0n) is 13.3. The van der Waals surface area contributed by atoms with E-state index in [1.54, 1.807) is 18.2 Å². The number of hydrogen-bond donors (Lipinski definition) is 1. The van der Waals surface area contributed by atoms with Crippen molar-refractivity contribution in [2.45, 2.75) is 0 Å². The van der Waals surface area contributed by atoms with Crippen molar-refractivity contribution in [2.24, 2.45) is 5.10 Å². The molecule has 1 aliphatic rings. The molecule has 25 heavy (non-hydrogen) atoms. The van der Waals surface area contributed by atoms with Crippen molar-refractivity contribution in [1.29, 1.82) is 0 Å². The summed E-state index contributed by atoms with van der Waals surface area (Å²) in [5, 5.41) is 3.84. The van der Waals surface area contributed by atoms with Crippen LogP contribution in [0.2, 0.25) is 0 Å². The Labute approximate surface area is 143 Å². The van der Waals surface area contributed by atoms with E-state index in [1.807, 2.05) is 0 Å². The highest BCUT2D eigenvalue weighted by atomic mass is 19.1. The minimum absolute atomic E-state index is 0.125. The van der Waals surface area contributed by atoms with Crippen LogP contribution in [-0.2, 0) is 4.79 Å². The fourth-order valence-electron chi connectivity index (χ4n) is 2.14. The summed E-state index contributed by atoms with van der Waals surface area (Å²) in [6.45, 7) is -0.161. The van der Waals surface area contributed by atoms with Crippen LogP contribution >= 0.6 is 0 Å². The summed E-state index contributed by atoms with van der Waals surface area (Å²) in [7, 11) is 1.52. The fraction of sp³-hybridized carbons (Fsp3) is 0.176. The molecule has 0 saturated heterocycles. The number of hydrazone groups is 1. The second-order valence-electron chi connectivity index (χ2n) is 5.00. The van der Waals surface area contributed by atoms with Crippen LogP contribution in [-0.4, -0.2) is 32.6 Å². The topological polar surface area (TPSA) is 78.4 Å². The van der Waals surface area contributed by atoms with E-state index in [0.717, 1.165) is 0 Å². The van der Waals surface area contributed by atoms with Gasteiger partial charge < -0.3 is 18.9 Å². The molecular weight excluding hydrogens is 331 g/mol. The summed E-state index contributed by atoms with van der Waals surface area (Å²) < 4.78 is 34.0. The highest BCUT2D eigenvalue weighted by molar-refractivity contribution is 5.84. The molecular formula is C17H15FN2O5. The zero-order chi connectivity index (χ0) is 17.6. The molecule has 1 heterocycles. The van der Waals surface area contributed by atoms with Crippen molar-refractivity contribution in [3.63, 3.8) is 0 Å². The average molecular weight is 346 g/mol. The summed E-state index contributed by atoms with van der Waals surface area (Å²) in [5.41, 5.74) is 2.98. The third-order valence-electron chi connectivity index (χ3n) is 3.25. The molecule has 2 aromatic carbocycles. The van der Waals surface area contributed by atoms with Crippen molar-refractivity contribution in [3.8, 4) is 23.0 Å². The first-order chi connectivity index (χ1) is 12.2. The minimum Gasteiger partial charge on any atom is -0.493 e. The number of fused-ring (bicyclic) bond motifs is 1. The molecule has 0 spiro atoms. The number of ether oxygens (including phenoxy) is 4. The van der Waals surface area contributed by atoms with Gasteiger partial charge in [0.15, 0.2) is 18.1 Å². The van der Waals surface area contributed by atoms with Crippen LogP contribution in [0.5, 0.6) is 23.0 Å². The second kappa shape index (κ2) is 7.52. The number of rotatable bonds is 6. The van der Waals surface area contributed by atoms with Gasteiger partial charge in [-0.15, -0.1) is 0 Å². The molecule has 0 unspecified atom stereocenters. The highest BCUT2D eigenvalue weighted by Gasteiger charge is 2.19. The number of nitrogens with zero attached hydrogens (tertiary/aromatic N) is 1.